The summed E-state index contributed by atoms with van der Waals surface area (Å²) < 4.78 is 37.1. The van der Waals surface area contributed by atoms with Gasteiger partial charge in [0, 0.05) is 18.5 Å². The van der Waals surface area contributed by atoms with Crippen LogP contribution >= 0.6 is 0 Å². The molecule has 2 aliphatic heterocycles. The first-order valence-electron chi connectivity index (χ1n) is 5.35. The van der Waals surface area contributed by atoms with Gasteiger partial charge >= 0.3 is 18.1 Å². The number of carbonyl (C=O) groups is 2. The molecular weight excluding hydrogens is 239 g/mol. The van der Waals surface area contributed by atoms with Crippen LogP contribution in [0, 0.1) is 5.92 Å². The number of carbonyl (C=O) groups excluding carboxylic acids is 1. The second-order valence-electron chi connectivity index (χ2n) is 4.81. The van der Waals surface area contributed by atoms with Gasteiger partial charge in [0.15, 0.2) is 0 Å². The molecule has 7 heteroatoms. The predicted octanol–water partition coefficient (Wildman–Crippen LogP) is 1.40. The standard InChI is InChI=1S/C10H12F3NO3/c11-10(12,13)8(17)14-5-6-3-9(14,4-6)2-1-7(15)16/h6H,1-5H2,(H,15,16). The minimum atomic E-state index is -4.87. The first-order valence-corrected chi connectivity index (χ1v) is 5.35. The number of aliphatic carboxylic acids is 1. The Bertz CT molecular complexity index is 360. The average molecular weight is 251 g/mol. The zero-order valence-corrected chi connectivity index (χ0v) is 8.96. The minimum absolute atomic E-state index is 0.107. The molecule has 2 bridgehead atoms. The van der Waals surface area contributed by atoms with Crippen molar-refractivity contribution in [1.29, 1.82) is 0 Å². The van der Waals surface area contributed by atoms with E-state index in [0.717, 1.165) is 4.90 Å². The van der Waals surface area contributed by atoms with Gasteiger partial charge in [-0.15, -0.1) is 0 Å². The zero-order chi connectivity index (χ0) is 12.8. The number of carboxylic acids is 1. The van der Waals surface area contributed by atoms with Crippen molar-refractivity contribution in [3.63, 3.8) is 0 Å². The highest BCUT2D eigenvalue weighted by molar-refractivity contribution is 5.83. The minimum Gasteiger partial charge on any atom is -0.481 e. The van der Waals surface area contributed by atoms with Gasteiger partial charge in [-0.3, -0.25) is 9.59 Å². The van der Waals surface area contributed by atoms with E-state index in [2.05, 4.69) is 0 Å². The summed E-state index contributed by atoms with van der Waals surface area (Å²) in [5, 5.41) is 8.56. The Morgan fingerprint density at radius 2 is 1.94 bits per heavy atom. The molecule has 17 heavy (non-hydrogen) atoms. The number of rotatable bonds is 3. The van der Waals surface area contributed by atoms with Crippen LogP contribution in [0.1, 0.15) is 25.7 Å². The highest BCUT2D eigenvalue weighted by atomic mass is 19.4. The van der Waals surface area contributed by atoms with E-state index in [-0.39, 0.29) is 25.3 Å². The van der Waals surface area contributed by atoms with Gasteiger partial charge in [0.1, 0.15) is 0 Å². The second-order valence-corrected chi connectivity index (χ2v) is 4.81. The lowest BCUT2D eigenvalue weighted by Crippen LogP contribution is -2.52. The Balaban J connectivity index is 2.08. The van der Waals surface area contributed by atoms with Gasteiger partial charge in [0.2, 0.25) is 0 Å². The maximum absolute atomic E-state index is 12.4. The van der Waals surface area contributed by atoms with E-state index in [1.54, 1.807) is 0 Å². The molecule has 0 spiro atoms. The molecule has 2 saturated heterocycles. The van der Waals surface area contributed by atoms with Gasteiger partial charge in [-0.05, 0) is 25.2 Å². The molecule has 1 amide bonds. The molecule has 1 aliphatic carbocycles. The fraction of sp³-hybridized carbons (Fsp3) is 0.800. The van der Waals surface area contributed by atoms with Gasteiger partial charge in [-0.1, -0.05) is 0 Å². The van der Waals surface area contributed by atoms with Gasteiger partial charge in [0.25, 0.3) is 0 Å². The third-order valence-corrected chi connectivity index (χ3v) is 3.64. The Hall–Kier alpha value is -1.27. The largest absolute Gasteiger partial charge is 0.481 e. The predicted molar refractivity (Wildman–Crippen MR) is 50.1 cm³/mol. The smallest absolute Gasteiger partial charge is 0.471 e. The lowest BCUT2D eigenvalue weighted by Gasteiger charge is -2.42. The molecule has 0 aromatic rings. The fourth-order valence-corrected chi connectivity index (χ4v) is 2.95. The Morgan fingerprint density at radius 3 is 2.41 bits per heavy atom. The molecule has 3 rings (SSSR count). The molecule has 0 unspecified atom stereocenters. The lowest BCUT2D eigenvalue weighted by atomic mass is 9.70. The number of hydrogen-bond donors (Lipinski definition) is 1. The van der Waals surface area contributed by atoms with Crippen molar-refractivity contribution in [3.05, 3.63) is 0 Å². The second kappa shape index (κ2) is 3.61. The van der Waals surface area contributed by atoms with Crippen LogP contribution in [-0.4, -0.2) is 40.1 Å². The number of amides is 1. The molecule has 3 aliphatic rings. The summed E-state index contributed by atoms with van der Waals surface area (Å²) in [4.78, 5) is 22.5. The van der Waals surface area contributed by atoms with Crippen molar-refractivity contribution in [2.24, 2.45) is 5.92 Å². The van der Waals surface area contributed by atoms with Crippen molar-refractivity contribution in [1.82, 2.24) is 4.90 Å². The third kappa shape index (κ3) is 1.98. The number of nitrogens with zero attached hydrogens (tertiary/aromatic N) is 1. The van der Waals surface area contributed by atoms with E-state index >= 15 is 0 Å². The van der Waals surface area contributed by atoms with Crippen LogP contribution in [0.4, 0.5) is 13.2 Å². The molecule has 4 nitrogen and oxygen atoms in total. The lowest BCUT2D eigenvalue weighted by molar-refractivity contribution is -0.189. The van der Waals surface area contributed by atoms with E-state index < -0.39 is 23.6 Å². The van der Waals surface area contributed by atoms with Crippen LogP contribution in [0.25, 0.3) is 0 Å². The van der Waals surface area contributed by atoms with Crippen molar-refractivity contribution in [2.75, 3.05) is 6.54 Å². The third-order valence-electron chi connectivity index (χ3n) is 3.64. The molecule has 0 radical (unpaired) electrons. The summed E-state index contributed by atoms with van der Waals surface area (Å²) in [6.45, 7) is 0.109. The topological polar surface area (TPSA) is 57.6 Å². The van der Waals surface area contributed by atoms with Crippen LogP contribution in [0.3, 0.4) is 0 Å². The van der Waals surface area contributed by atoms with Crippen molar-refractivity contribution in [2.45, 2.75) is 37.4 Å². The average Bonchev–Trinajstić information content (AvgIpc) is 2.65. The summed E-state index contributed by atoms with van der Waals surface area (Å²) >= 11 is 0. The first kappa shape index (κ1) is 12.2. The maximum Gasteiger partial charge on any atom is 0.471 e. The van der Waals surface area contributed by atoms with E-state index in [1.807, 2.05) is 0 Å². The van der Waals surface area contributed by atoms with Crippen LogP contribution in [0.15, 0.2) is 0 Å². The fourth-order valence-electron chi connectivity index (χ4n) is 2.95. The molecule has 0 aromatic carbocycles. The van der Waals surface area contributed by atoms with Crippen molar-refractivity contribution >= 4 is 11.9 Å². The van der Waals surface area contributed by atoms with Gasteiger partial charge in [-0.25, -0.2) is 0 Å². The SMILES string of the molecule is O=C(O)CCC12CC(CN1C(=O)C(F)(F)F)C2. The molecular formula is C10H12F3NO3. The van der Waals surface area contributed by atoms with Crippen molar-refractivity contribution in [3.8, 4) is 0 Å². The normalized spacial score (nSPS) is 31.2. The summed E-state index contributed by atoms with van der Waals surface area (Å²) in [5.41, 5.74) is -0.852. The van der Waals surface area contributed by atoms with E-state index in [9.17, 15) is 22.8 Å². The summed E-state index contributed by atoms with van der Waals surface area (Å²) in [7, 11) is 0. The maximum atomic E-state index is 12.4. The molecule has 96 valence electrons. The number of hydrogen-bond acceptors (Lipinski definition) is 2. The molecule has 1 N–H and O–H groups in total. The highest BCUT2D eigenvalue weighted by Gasteiger charge is 2.61. The van der Waals surface area contributed by atoms with Gasteiger partial charge in [0.05, 0.1) is 0 Å². The summed E-state index contributed by atoms with van der Waals surface area (Å²) in [5.74, 6) is -2.77. The Labute approximate surface area is 95.4 Å². The van der Waals surface area contributed by atoms with Crippen LogP contribution in [-0.2, 0) is 9.59 Å². The quantitative estimate of drug-likeness (QED) is 0.825. The number of fused-ring (bicyclic) bond motifs is 1. The van der Waals surface area contributed by atoms with E-state index in [0.29, 0.717) is 12.8 Å². The molecule has 2 heterocycles. The molecule has 0 atom stereocenters. The molecule has 3 fully saturated rings. The first-order chi connectivity index (χ1) is 7.74. The molecule has 1 saturated carbocycles. The molecule has 0 aromatic heterocycles. The number of halogens is 3. The number of carboxylic acid groups (broad SMARTS) is 1. The van der Waals surface area contributed by atoms with Crippen LogP contribution < -0.4 is 0 Å². The highest BCUT2D eigenvalue weighted by Crippen LogP contribution is 2.53. The Morgan fingerprint density at radius 1 is 1.35 bits per heavy atom. The monoisotopic (exact) mass is 251 g/mol. The van der Waals surface area contributed by atoms with E-state index in [4.69, 9.17) is 5.11 Å². The number of alkyl halides is 3. The van der Waals surface area contributed by atoms with Crippen LogP contribution in [0.5, 0.6) is 0 Å². The van der Waals surface area contributed by atoms with Gasteiger partial charge in [-0.2, -0.15) is 13.2 Å². The van der Waals surface area contributed by atoms with Crippen molar-refractivity contribution < 1.29 is 27.9 Å². The van der Waals surface area contributed by atoms with E-state index in [1.165, 1.54) is 0 Å². The van der Waals surface area contributed by atoms with Crippen LogP contribution in [0.2, 0.25) is 0 Å². The van der Waals surface area contributed by atoms with Gasteiger partial charge < -0.3 is 10.0 Å². The zero-order valence-electron chi connectivity index (χ0n) is 8.96. The summed E-state index contributed by atoms with van der Waals surface area (Å²) in [6, 6.07) is 0. The Kier molecular flexibility index (Phi) is 2.59. The summed E-state index contributed by atoms with van der Waals surface area (Å²) in [6.07, 6.45) is -3.95.